The van der Waals surface area contributed by atoms with E-state index in [0.29, 0.717) is 0 Å². The van der Waals surface area contributed by atoms with E-state index in [1.54, 1.807) is 0 Å². The van der Waals surface area contributed by atoms with Gasteiger partial charge in [0.05, 0.1) is 11.4 Å². The van der Waals surface area contributed by atoms with Gasteiger partial charge in [-0.15, -0.1) is 0 Å². The lowest BCUT2D eigenvalue weighted by Crippen LogP contribution is -2.29. The van der Waals surface area contributed by atoms with Gasteiger partial charge in [-0.25, -0.2) is 0 Å². The third-order valence-corrected chi connectivity index (χ3v) is 3.19. The third-order valence-electron chi connectivity index (χ3n) is 3.19. The Morgan fingerprint density at radius 2 is 1.67 bits per heavy atom. The number of benzene rings is 1. The largest absolute Gasteiger partial charge is 0.397 e. The van der Waals surface area contributed by atoms with Gasteiger partial charge in [0.25, 0.3) is 0 Å². The van der Waals surface area contributed by atoms with Crippen LogP contribution in [0.15, 0.2) is 18.2 Å². The first-order valence-corrected chi connectivity index (χ1v) is 6.47. The van der Waals surface area contributed by atoms with Crippen LogP contribution in [0.25, 0.3) is 0 Å². The molecule has 0 aromatic heterocycles. The van der Waals surface area contributed by atoms with Gasteiger partial charge in [-0.2, -0.15) is 0 Å². The Hall–Kier alpha value is -1.22. The lowest BCUT2D eigenvalue weighted by atomic mass is 9.86. The smallest absolute Gasteiger partial charge is 0.0597 e. The van der Waals surface area contributed by atoms with Gasteiger partial charge >= 0.3 is 0 Å². The highest BCUT2D eigenvalue weighted by atomic mass is 15.2. The molecule has 2 N–H and O–H groups in total. The Labute approximate surface area is 112 Å². The van der Waals surface area contributed by atoms with Gasteiger partial charge < -0.3 is 15.5 Å². The second-order valence-electron chi connectivity index (χ2n) is 6.25. The van der Waals surface area contributed by atoms with E-state index in [4.69, 9.17) is 5.73 Å². The van der Waals surface area contributed by atoms with Crippen molar-refractivity contribution in [2.45, 2.75) is 26.2 Å². The lowest BCUT2D eigenvalue weighted by Gasteiger charge is -2.25. The number of nitrogens with zero attached hydrogens (tertiary/aromatic N) is 2. The Morgan fingerprint density at radius 1 is 1.06 bits per heavy atom. The van der Waals surface area contributed by atoms with Crippen molar-refractivity contribution in [2.75, 3.05) is 44.9 Å². The molecule has 0 aliphatic heterocycles. The van der Waals surface area contributed by atoms with E-state index in [0.717, 1.165) is 24.5 Å². The molecule has 0 bridgehead atoms. The first-order valence-electron chi connectivity index (χ1n) is 6.47. The zero-order valence-corrected chi connectivity index (χ0v) is 12.6. The molecule has 3 heteroatoms. The van der Waals surface area contributed by atoms with Gasteiger partial charge in [0.15, 0.2) is 0 Å². The van der Waals surface area contributed by atoms with Crippen molar-refractivity contribution >= 4 is 11.4 Å². The van der Waals surface area contributed by atoms with Crippen molar-refractivity contribution < 1.29 is 0 Å². The molecule has 1 aromatic carbocycles. The molecule has 3 nitrogen and oxygen atoms in total. The Balaban J connectivity index is 2.85. The van der Waals surface area contributed by atoms with Gasteiger partial charge in [0, 0.05) is 20.1 Å². The van der Waals surface area contributed by atoms with E-state index in [9.17, 15) is 0 Å². The molecule has 1 rings (SSSR count). The Morgan fingerprint density at radius 3 is 2.11 bits per heavy atom. The van der Waals surface area contributed by atoms with Crippen molar-refractivity contribution in [3.8, 4) is 0 Å². The van der Waals surface area contributed by atoms with Crippen LogP contribution in [-0.2, 0) is 5.41 Å². The predicted octanol–water partition coefficient (Wildman–Crippen LogP) is 2.56. The van der Waals surface area contributed by atoms with Crippen LogP contribution in [0.3, 0.4) is 0 Å². The van der Waals surface area contributed by atoms with Crippen molar-refractivity contribution in [3.05, 3.63) is 23.8 Å². The van der Waals surface area contributed by atoms with E-state index >= 15 is 0 Å². The summed E-state index contributed by atoms with van der Waals surface area (Å²) in [6.45, 7) is 8.62. The number of hydrogen-bond donors (Lipinski definition) is 1. The summed E-state index contributed by atoms with van der Waals surface area (Å²) in [6.07, 6.45) is 0. The molecule has 18 heavy (non-hydrogen) atoms. The summed E-state index contributed by atoms with van der Waals surface area (Å²) >= 11 is 0. The van der Waals surface area contributed by atoms with E-state index in [1.165, 1.54) is 5.56 Å². The van der Waals surface area contributed by atoms with E-state index in [1.807, 2.05) is 0 Å². The minimum absolute atomic E-state index is 0.148. The van der Waals surface area contributed by atoms with Crippen LogP contribution in [0, 0.1) is 0 Å². The molecule has 0 aliphatic rings. The molecule has 0 unspecified atom stereocenters. The average molecular weight is 249 g/mol. The predicted molar refractivity (Wildman–Crippen MR) is 81.4 cm³/mol. The van der Waals surface area contributed by atoms with Crippen molar-refractivity contribution in [1.29, 1.82) is 0 Å². The summed E-state index contributed by atoms with van der Waals surface area (Å²) in [6, 6.07) is 6.41. The second kappa shape index (κ2) is 5.61. The normalized spacial score (nSPS) is 11.9. The van der Waals surface area contributed by atoms with E-state index in [2.05, 4.69) is 69.9 Å². The second-order valence-corrected chi connectivity index (χ2v) is 6.25. The summed E-state index contributed by atoms with van der Waals surface area (Å²) in [7, 11) is 6.26. The lowest BCUT2D eigenvalue weighted by molar-refractivity contribution is 0.416. The van der Waals surface area contributed by atoms with Crippen molar-refractivity contribution in [1.82, 2.24) is 4.90 Å². The zero-order valence-electron chi connectivity index (χ0n) is 12.6. The van der Waals surface area contributed by atoms with Gasteiger partial charge in [0.1, 0.15) is 0 Å². The van der Waals surface area contributed by atoms with Crippen LogP contribution < -0.4 is 10.6 Å². The van der Waals surface area contributed by atoms with Gasteiger partial charge in [0.2, 0.25) is 0 Å². The topological polar surface area (TPSA) is 32.5 Å². The highest BCUT2D eigenvalue weighted by Gasteiger charge is 2.15. The fourth-order valence-corrected chi connectivity index (χ4v) is 1.84. The summed E-state index contributed by atoms with van der Waals surface area (Å²) in [5.41, 5.74) is 9.58. The quantitative estimate of drug-likeness (QED) is 0.832. The highest BCUT2D eigenvalue weighted by Crippen LogP contribution is 2.29. The monoisotopic (exact) mass is 249 g/mol. The van der Waals surface area contributed by atoms with Crippen LogP contribution in [0.2, 0.25) is 0 Å². The maximum Gasteiger partial charge on any atom is 0.0597 e. The van der Waals surface area contributed by atoms with Crippen LogP contribution >= 0.6 is 0 Å². The first-order chi connectivity index (χ1) is 8.21. The maximum absolute atomic E-state index is 6.17. The van der Waals surface area contributed by atoms with Crippen LogP contribution in [-0.4, -0.2) is 39.1 Å². The summed E-state index contributed by atoms with van der Waals surface area (Å²) < 4.78 is 0. The number of anilines is 2. The molecule has 0 radical (unpaired) electrons. The molecule has 0 atom stereocenters. The number of hydrogen-bond acceptors (Lipinski definition) is 3. The average Bonchev–Trinajstić information content (AvgIpc) is 2.24. The molecule has 0 fully saturated rings. The fraction of sp³-hybridized carbons (Fsp3) is 0.600. The molecule has 1 aromatic rings. The highest BCUT2D eigenvalue weighted by molar-refractivity contribution is 5.68. The Bertz CT molecular complexity index is 391. The number of nitrogen functional groups attached to an aromatic ring is 1. The van der Waals surface area contributed by atoms with E-state index < -0.39 is 0 Å². The molecule has 0 saturated carbocycles. The van der Waals surface area contributed by atoms with Crippen molar-refractivity contribution in [2.24, 2.45) is 0 Å². The van der Waals surface area contributed by atoms with Gasteiger partial charge in [-0.05, 0) is 37.2 Å². The van der Waals surface area contributed by atoms with Crippen LogP contribution in [0.1, 0.15) is 26.3 Å². The molecule has 0 spiro atoms. The minimum atomic E-state index is 0.148. The summed E-state index contributed by atoms with van der Waals surface area (Å²) in [4.78, 5) is 4.39. The summed E-state index contributed by atoms with van der Waals surface area (Å²) in [5.74, 6) is 0. The third kappa shape index (κ3) is 3.91. The molecule has 0 saturated heterocycles. The maximum atomic E-state index is 6.17. The van der Waals surface area contributed by atoms with Gasteiger partial charge in [-0.1, -0.05) is 26.8 Å². The van der Waals surface area contributed by atoms with Crippen LogP contribution in [0.5, 0.6) is 0 Å². The zero-order chi connectivity index (χ0) is 13.9. The SMILES string of the molecule is CN(C)CCN(C)c1ccc(C(C)(C)C)cc1N. The Kier molecular flexibility index (Phi) is 4.63. The van der Waals surface area contributed by atoms with Crippen molar-refractivity contribution in [3.63, 3.8) is 0 Å². The number of rotatable bonds is 4. The molecular formula is C15H27N3. The number of likely N-dealkylation sites (N-methyl/N-ethyl adjacent to an activating group) is 2. The minimum Gasteiger partial charge on any atom is -0.397 e. The number of nitrogens with two attached hydrogens (primary N) is 1. The van der Waals surface area contributed by atoms with E-state index in [-0.39, 0.29) is 5.41 Å². The summed E-state index contributed by atoms with van der Waals surface area (Å²) in [5, 5.41) is 0. The molecule has 0 aliphatic carbocycles. The first kappa shape index (κ1) is 14.8. The fourth-order valence-electron chi connectivity index (χ4n) is 1.84. The standard InChI is InChI=1S/C15H27N3/c1-15(2,3)12-7-8-14(13(16)11-12)18(6)10-9-17(4)5/h7-8,11H,9-10,16H2,1-6H3. The molecule has 0 heterocycles. The molecular weight excluding hydrogens is 222 g/mol. The molecule has 0 amide bonds. The van der Waals surface area contributed by atoms with Crippen LogP contribution in [0.4, 0.5) is 11.4 Å². The van der Waals surface area contributed by atoms with Gasteiger partial charge in [-0.3, -0.25) is 0 Å². The molecule has 102 valence electrons.